The third-order valence-electron chi connectivity index (χ3n) is 4.19. The number of piperidine rings is 1. The van der Waals surface area contributed by atoms with Crippen molar-refractivity contribution in [2.75, 3.05) is 13.1 Å². The van der Waals surface area contributed by atoms with Gasteiger partial charge in [0, 0.05) is 29.4 Å². The van der Waals surface area contributed by atoms with E-state index in [-0.39, 0.29) is 11.9 Å². The van der Waals surface area contributed by atoms with Gasteiger partial charge in [0.2, 0.25) is 0 Å². The molecule has 3 nitrogen and oxygen atoms in total. The highest BCUT2D eigenvalue weighted by Crippen LogP contribution is 2.24. The SMILES string of the molecule is CC(N)C1CCCN(C(=O)c2ccc3sccc3c2)C1. The fourth-order valence-corrected chi connectivity index (χ4v) is 3.68. The van der Waals surface area contributed by atoms with Crippen LogP contribution < -0.4 is 5.73 Å². The van der Waals surface area contributed by atoms with E-state index in [4.69, 9.17) is 5.73 Å². The van der Waals surface area contributed by atoms with Gasteiger partial charge in [0.25, 0.3) is 5.91 Å². The molecule has 20 heavy (non-hydrogen) atoms. The highest BCUT2D eigenvalue weighted by Gasteiger charge is 2.26. The topological polar surface area (TPSA) is 46.3 Å². The van der Waals surface area contributed by atoms with Crippen LogP contribution in [0.3, 0.4) is 0 Å². The molecule has 0 aliphatic carbocycles. The largest absolute Gasteiger partial charge is 0.338 e. The number of thiophene rings is 1. The van der Waals surface area contributed by atoms with E-state index in [1.54, 1.807) is 11.3 Å². The molecular formula is C16H20N2OS. The quantitative estimate of drug-likeness (QED) is 0.923. The molecule has 4 heteroatoms. The summed E-state index contributed by atoms with van der Waals surface area (Å²) in [4.78, 5) is 14.6. The van der Waals surface area contributed by atoms with Crippen LogP contribution in [0.15, 0.2) is 29.6 Å². The molecule has 1 aromatic carbocycles. The Kier molecular flexibility index (Phi) is 3.76. The lowest BCUT2D eigenvalue weighted by atomic mass is 9.92. The first-order chi connectivity index (χ1) is 9.65. The summed E-state index contributed by atoms with van der Waals surface area (Å²) in [5.41, 5.74) is 6.78. The van der Waals surface area contributed by atoms with Crippen LogP contribution in [0.4, 0.5) is 0 Å². The maximum atomic E-state index is 12.6. The summed E-state index contributed by atoms with van der Waals surface area (Å²) in [6.45, 7) is 3.68. The molecule has 1 aromatic heterocycles. The molecule has 0 spiro atoms. The predicted molar refractivity (Wildman–Crippen MR) is 84.1 cm³/mol. The Morgan fingerprint density at radius 2 is 2.30 bits per heavy atom. The Hall–Kier alpha value is -1.39. The molecule has 2 N–H and O–H groups in total. The minimum Gasteiger partial charge on any atom is -0.338 e. The molecule has 2 atom stereocenters. The van der Waals surface area contributed by atoms with Crippen molar-refractivity contribution in [2.24, 2.45) is 11.7 Å². The van der Waals surface area contributed by atoms with Crippen molar-refractivity contribution in [3.8, 4) is 0 Å². The second-order valence-electron chi connectivity index (χ2n) is 5.69. The van der Waals surface area contributed by atoms with Crippen molar-refractivity contribution in [1.29, 1.82) is 0 Å². The maximum Gasteiger partial charge on any atom is 0.253 e. The van der Waals surface area contributed by atoms with E-state index in [9.17, 15) is 4.79 Å². The third-order valence-corrected chi connectivity index (χ3v) is 5.09. The Morgan fingerprint density at radius 3 is 3.10 bits per heavy atom. The zero-order valence-electron chi connectivity index (χ0n) is 11.7. The van der Waals surface area contributed by atoms with Gasteiger partial charge in [0.1, 0.15) is 0 Å². The van der Waals surface area contributed by atoms with Gasteiger partial charge in [0.05, 0.1) is 0 Å². The van der Waals surface area contributed by atoms with Gasteiger partial charge in [-0.15, -0.1) is 11.3 Å². The van der Waals surface area contributed by atoms with Crippen LogP contribution in [0.25, 0.3) is 10.1 Å². The van der Waals surface area contributed by atoms with E-state index in [0.29, 0.717) is 5.92 Å². The van der Waals surface area contributed by atoms with Crippen LogP contribution in [0.1, 0.15) is 30.1 Å². The van der Waals surface area contributed by atoms with E-state index in [2.05, 4.69) is 11.4 Å². The Bertz CT molecular complexity index is 620. The van der Waals surface area contributed by atoms with Gasteiger partial charge >= 0.3 is 0 Å². The molecule has 1 saturated heterocycles. The molecule has 0 saturated carbocycles. The molecule has 106 valence electrons. The molecule has 2 aromatic rings. The maximum absolute atomic E-state index is 12.6. The third kappa shape index (κ3) is 2.58. The van der Waals surface area contributed by atoms with E-state index in [0.717, 1.165) is 36.9 Å². The van der Waals surface area contributed by atoms with Crippen LogP contribution in [0.2, 0.25) is 0 Å². The molecule has 0 bridgehead atoms. The summed E-state index contributed by atoms with van der Waals surface area (Å²) >= 11 is 1.71. The normalized spacial score (nSPS) is 21.1. The number of amides is 1. The number of rotatable bonds is 2. The highest BCUT2D eigenvalue weighted by molar-refractivity contribution is 7.17. The van der Waals surface area contributed by atoms with Gasteiger partial charge in [-0.2, -0.15) is 0 Å². The molecule has 1 aliphatic rings. The fraction of sp³-hybridized carbons (Fsp3) is 0.438. The molecular weight excluding hydrogens is 268 g/mol. The predicted octanol–water partition coefficient (Wildman–Crippen LogP) is 3.10. The van der Waals surface area contributed by atoms with E-state index >= 15 is 0 Å². The van der Waals surface area contributed by atoms with E-state index in [1.165, 1.54) is 4.70 Å². The summed E-state index contributed by atoms with van der Waals surface area (Å²) < 4.78 is 1.23. The van der Waals surface area contributed by atoms with Crippen molar-refractivity contribution < 1.29 is 4.79 Å². The van der Waals surface area contributed by atoms with Gasteiger partial charge in [-0.05, 0) is 60.7 Å². The van der Waals surface area contributed by atoms with Crippen LogP contribution in [-0.2, 0) is 0 Å². The van der Waals surface area contributed by atoms with Gasteiger partial charge in [-0.3, -0.25) is 4.79 Å². The van der Waals surface area contributed by atoms with Crippen molar-refractivity contribution >= 4 is 27.3 Å². The van der Waals surface area contributed by atoms with Crippen molar-refractivity contribution in [2.45, 2.75) is 25.8 Å². The smallest absolute Gasteiger partial charge is 0.253 e. The number of hydrogen-bond acceptors (Lipinski definition) is 3. The molecule has 0 radical (unpaired) electrons. The Labute approximate surface area is 123 Å². The van der Waals surface area contributed by atoms with Gasteiger partial charge in [-0.1, -0.05) is 0 Å². The minimum atomic E-state index is 0.142. The van der Waals surface area contributed by atoms with Gasteiger partial charge < -0.3 is 10.6 Å². The van der Waals surface area contributed by atoms with Crippen LogP contribution in [0.5, 0.6) is 0 Å². The second kappa shape index (κ2) is 5.54. The standard InChI is InChI=1S/C16H20N2OS/c1-11(17)14-3-2-7-18(10-14)16(19)13-4-5-15-12(9-13)6-8-20-15/h4-6,8-9,11,14H,2-3,7,10,17H2,1H3. The first kappa shape index (κ1) is 13.6. The number of benzene rings is 1. The van der Waals surface area contributed by atoms with Crippen LogP contribution >= 0.6 is 11.3 Å². The zero-order valence-corrected chi connectivity index (χ0v) is 12.5. The number of likely N-dealkylation sites (tertiary alicyclic amines) is 1. The van der Waals surface area contributed by atoms with E-state index in [1.807, 2.05) is 30.0 Å². The lowest BCUT2D eigenvalue weighted by Crippen LogP contribution is -2.45. The van der Waals surface area contributed by atoms with Crippen molar-refractivity contribution in [3.05, 3.63) is 35.2 Å². The number of nitrogens with zero attached hydrogens (tertiary/aromatic N) is 1. The second-order valence-corrected chi connectivity index (χ2v) is 6.63. The number of carbonyl (C=O) groups is 1. The summed E-state index contributed by atoms with van der Waals surface area (Å²) in [6.07, 6.45) is 2.18. The Balaban J connectivity index is 1.80. The average molecular weight is 288 g/mol. The monoisotopic (exact) mass is 288 g/mol. The first-order valence-corrected chi connectivity index (χ1v) is 8.05. The molecule has 1 amide bonds. The molecule has 2 heterocycles. The van der Waals surface area contributed by atoms with E-state index < -0.39 is 0 Å². The molecule has 2 unspecified atom stereocenters. The number of fused-ring (bicyclic) bond motifs is 1. The Morgan fingerprint density at radius 1 is 1.45 bits per heavy atom. The molecule has 1 aliphatic heterocycles. The zero-order chi connectivity index (χ0) is 14.1. The highest BCUT2D eigenvalue weighted by atomic mass is 32.1. The van der Waals surface area contributed by atoms with Crippen LogP contribution in [-0.4, -0.2) is 29.9 Å². The minimum absolute atomic E-state index is 0.142. The lowest BCUT2D eigenvalue weighted by Gasteiger charge is -2.34. The lowest BCUT2D eigenvalue weighted by molar-refractivity contribution is 0.0661. The summed E-state index contributed by atoms with van der Waals surface area (Å²) in [7, 11) is 0. The summed E-state index contributed by atoms with van der Waals surface area (Å²) in [6, 6.07) is 8.21. The fourth-order valence-electron chi connectivity index (χ4n) is 2.91. The average Bonchev–Trinajstić information content (AvgIpc) is 2.94. The van der Waals surface area contributed by atoms with Crippen molar-refractivity contribution in [1.82, 2.24) is 4.90 Å². The number of carbonyl (C=O) groups excluding carboxylic acids is 1. The van der Waals surface area contributed by atoms with Crippen LogP contribution in [0, 0.1) is 5.92 Å². The number of hydrogen-bond donors (Lipinski definition) is 1. The summed E-state index contributed by atoms with van der Waals surface area (Å²) in [5.74, 6) is 0.570. The molecule has 1 fully saturated rings. The molecule has 3 rings (SSSR count). The number of nitrogens with two attached hydrogens (primary N) is 1. The van der Waals surface area contributed by atoms with Crippen molar-refractivity contribution in [3.63, 3.8) is 0 Å². The summed E-state index contributed by atoms with van der Waals surface area (Å²) in [5, 5.41) is 3.22. The van der Waals surface area contributed by atoms with Gasteiger partial charge in [0.15, 0.2) is 0 Å². The van der Waals surface area contributed by atoms with Gasteiger partial charge in [-0.25, -0.2) is 0 Å². The first-order valence-electron chi connectivity index (χ1n) is 7.17.